The third-order valence-electron chi connectivity index (χ3n) is 5.43. The predicted octanol–water partition coefficient (Wildman–Crippen LogP) is 3.50. The van der Waals surface area contributed by atoms with E-state index >= 15 is 0 Å². The minimum atomic E-state index is -3.88. The Hall–Kier alpha value is -2.94. The second-order valence-electron chi connectivity index (χ2n) is 7.47. The summed E-state index contributed by atoms with van der Waals surface area (Å²) in [5.74, 6) is -1.13. The smallest absolute Gasteiger partial charge is 0.224 e. The molecule has 1 unspecified atom stereocenters. The molecule has 1 N–H and O–H groups in total. The van der Waals surface area contributed by atoms with Gasteiger partial charge < -0.3 is 9.87 Å². The number of carbonyl (C=O) groups excluding carboxylic acids is 1. The van der Waals surface area contributed by atoms with Crippen LogP contribution < -0.4 is 5.32 Å². The predicted molar refractivity (Wildman–Crippen MR) is 114 cm³/mol. The molecule has 0 radical (unpaired) electrons. The summed E-state index contributed by atoms with van der Waals surface area (Å²) >= 11 is 0. The number of carbonyl (C=O) groups is 1. The van der Waals surface area contributed by atoms with E-state index in [1.807, 2.05) is 30.3 Å². The standard InChI is InChI=1S/C23H22FN3O3S/c24-20-10-8-18(9-11-20)22-13-19(23(28)26-14-17-5-2-1-3-6-17)16-27(22)31(29,30)21-7-4-12-25-15-21/h1-12,15,19,22H,13-14,16H2,(H-,26,28,29,30)/t19-,22+/m1/s1. The van der Waals surface area contributed by atoms with Gasteiger partial charge in [-0.2, -0.15) is 0 Å². The highest BCUT2D eigenvalue weighted by Crippen LogP contribution is 2.41. The van der Waals surface area contributed by atoms with Gasteiger partial charge in [0.2, 0.25) is 5.91 Å². The topological polar surface area (TPSA) is 85.4 Å². The fourth-order valence-corrected chi connectivity index (χ4v) is 5.45. The van der Waals surface area contributed by atoms with Crippen molar-refractivity contribution >= 4 is 16.3 Å². The second-order valence-corrected chi connectivity index (χ2v) is 9.36. The summed E-state index contributed by atoms with van der Waals surface area (Å²) in [6, 6.07) is 17.7. The summed E-state index contributed by atoms with van der Waals surface area (Å²) in [5, 5.41) is 2.90. The summed E-state index contributed by atoms with van der Waals surface area (Å²) in [6.07, 6.45) is 3.10. The van der Waals surface area contributed by atoms with Gasteiger partial charge in [0, 0.05) is 12.7 Å². The molecule has 0 saturated carbocycles. The molecule has 6 nitrogen and oxygen atoms in total. The monoisotopic (exact) mass is 439 g/mol. The summed E-state index contributed by atoms with van der Waals surface area (Å²) < 4.78 is 41.4. The molecule has 1 amide bonds. The Morgan fingerprint density at radius 1 is 1.13 bits per heavy atom. The van der Waals surface area contributed by atoms with Gasteiger partial charge in [0.15, 0.2) is 15.3 Å². The molecule has 160 valence electrons. The van der Waals surface area contributed by atoms with E-state index in [4.69, 9.17) is 0 Å². The van der Waals surface area contributed by atoms with Crippen molar-refractivity contribution in [1.82, 2.24) is 14.6 Å². The van der Waals surface area contributed by atoms with Crippen molar-refractivity contribution in [3.05, 3.63) is 96.1 Å². The van der Waals surface area contributed by atoms with Crippen LogP contribution in [-0.2, 0) is 25.9 Å². The Kier molecular flexibility index (Phi) is 6.22. The van der Waals surface area contributed by atoms with Gasteiger partial charge in [0.25, 0.3) is 0 Å². The number of amides is 1. The van der Waals surface area contributed by atoms with Crippen molar-refractivity contribution in [2.24, 2.45) is 5.92 Å². The zero-order chi connectivity index (χ0) is 21.8. The number of hydrogen-bond acceptors (Lipinski definition) is 4. The van der Waals surface area contributed by atoms with Crippen LogP contribution in [0, 0.1) is 11.7 Å². The number of sulfonamides is 1. The van der Waals surface area contributed by atoms with Gasteiger partial charge in [-0.1, -0.05) is 46.7 Å². The van der Waals surface area contributed by atoms with Crippen LogP contribution in [0.25, 0.3) is 0 Å². The summed E-state index contributed by atoms with van der Waals surface area (Å²) in [6.45, 7) is 0.409. The van der Waals surface area contributed by atoms with Gasteiger partial charge in [-0.25, -0.2) is 4.39 Å². The number of pyridine rings is 1. The molecular weight excluding hydrogens is 417 g/mol. The number of nitrogens with one attached hydrogen (secondary N) is 1. The first kappa shape index (κ1) is 21.3. The van der Waals surface area contributed by atoms with Gasteiger partial charge in [0.1, 0.15) is 5.82 Å². The van der Waals surface area contributed by atoms with Crippen molar-refractivity contribution in [3.63, 3.8) is 0 Å². The van der Waals surface area contributed by atoms with Crippen LogP contribution >= 0.6 is 0 Å². The third kappa shape index (κ3) is 4.71. The van der Waals surface area contributed by atoms with E-state index in [0.29, 0.717) is 18.5 Å². The molecule has 8 heteroatoms. The van der Waals surface area contributed by atoms with E-state index in [2.05, 4.69) is 10.3 Å². The number of benzene rings is 2. The molecule has 0 spiro atoms. The van der Waals surface area contributed by atoms with Crippen molar-refractivity contribution in [2.75, 3.05) is 6.54 Å². The Morgan fingerprint density at radius 3 is 2.55 bits per heavy atom. The van der Waals surface area contributed by atoms with Gasteiger partial charge in [-0.05, 0) is 41.8 Å². The summed E-state index contributed by atoms with van der Waals surface area (Å²) in [7, 11) is -3.88. The van der Waals surface area contributed by atoms with E-state index in [1.165, 1.54) is 34.9 Å². The first-order valence-electron chi connectivity index (χ1n) is 9.94. The molecule has 31 heavy (non-hydrogen) atoms. The fraction of sp³-hybridized carbons (Fsp3) is 0.217. The van der Waals surface area contributed by atoms with E-state index in [1.54, 1.807) is 18.2 Å². The molecule has 0 bridgehead atoms. The second kappa shape index (κ2) is 9.05. The molecule has 2 aromatic carbocycles. The SMILES string of the molecule is O=C(NCc1ccccc1)[C@@H]1C[C@@H](c2ccc(F)cc2)N([S+](=O)([O-])c2cccnc2)C1. The first-order valence-corrected chi connectivity index (χ1v) is 11.4. The lowest BCUT2D eigenvalue weighted by molar-refractivity contribution is -0.124. The maximum Gasteiger partial charge on any atom is 0.224 e. The zero-order valence-electron chi connectivity index (χ0n) is 16.7. The quantitative estimate of drug-likeness (QED) is 0.596. The van der Waals surface area contributed by atoms with Crippen LogP contribution in [0.2, 0.25) is 0 Å². The van der Waals surface area contributed by atoms with Crippen molar-refractivity contribution in [2.45, 2.75) is 23.9 Å². The maximum absolute atomic E-state index is 13.4. The van der Waals surface area contributed by atoms with Crippen molar-refractivity contribution in [1.29, 1.82) is 0 Å². The van der Waals surface area contributed by atoms with Crippen LogP contribution in [0.1, 0.15) is 23.6 Å². The molecule has 1 aromatic heterocycles. The van der Waals surface area contributed by atoms with Crippen molar-refractivity contribution in [3.8, 4) is 0 Å². The fourth-order valence-electron chi connectivity index (χ4n) is 3.81. The van der Waals surface area contributed by atoms with Crippen LogP contribution in [0.15, 0.2) is 84.0 Å². The molecule has 1 aliphatic rings. The Balaban J connectivity index is 1.58. The van der Waals surface area contributed by atoms with Gasteiger partial charge in [-0.15, -0.1) is 4.31 Å². The number of aromatic nitrogens is 1. The van der Waals surface area contributed by atoms with Gasteiger partial charge in [-0.3, -0.25) is 9.78 Å². The summed E-state index contributed by atoms with van der Waals surface area (Å²) in [5.41, 5.74) is 1.61. The molecule has 0 aliphatic carbocycles. The number of halogens is 1. The van der Waals surface area contributed by atoms with Crippen molar-refractivity contribution < 1.29 is 17.9 Å². The van der Waals surface area contributed by atoms with Gasteiger partial charge in [0.05, 0.1) is 24.7 Å². The molecule has 2 heterocycles. The largest absolute Gasteiger partial charge is 0.593 e. The molecule has 1 fully saturated rings. The Morgan fingerprint density at radius 2 is 1.87 bits per heavy atom. The highest BCUT2D eigenvalue weighted by Gasteiger charge is 2.47. The summed E-state index contributed by atoms with van der Waals surface area (Å²) in [4.78, 5) is 16.8. The Labute approximate surface area is 181 Å². The molecule has 1 aliphatic heterocycles. The van der Waals surface area contributed by atoms with E-state index in [-0.39, 0.29) is 17.3 Å². The van der Waals surface area contributed by atoms with E-state index in [9.17, 15) is 17.9 Å². The maximum atomic E-state index is 13.4. The highest BCUT2D eigenvalue weighted by molar-refractivity contribution is 7.95. The molecule has 3 atom stereocenters. The van der Waals surface area contributed by atoms with Crippen LogP contribution in [0.5, 0.6) is 0 Å². The normalized spacial score (nSPS) is 20.8. The number of hydrogen-bond donors (Lipinski definition) is 1. The average molecular weight is 440 g/mol. The molecule has 3 aromatic rings. The molecule has 4 rings (SSSR count). The third-order valence-corrected chi connectivity index (χ3v) is 7.29. The minimum absolute atomic E-state index is 0.0416. The Bertz CT molecular complexity index is 1080. The lowest BCUT2D eigenvalue weighted by Gasteiger charge is -2.28. The minimum Gasteiger partial charge on any atom is -0.593 e. The van der Waals surface area contributed by atoms with Crippen LogP contribution in [0.3, 0.4) is 0 Å². The number of nitrogens with zero attached hydrogens (tertiary/aromatic N) is 2. The van der Waals surface area contributed by atoms with E-state index < -0.39 is 28.2 Å². The van der Waals surface area contributed by atoms with Crippen LogP contribution in [-0.4, -0.2) is 26.3 Å². The molecule has 1 saturated heterocycles. The zero-order valence-corrected chi connectivity index (χ0v) is 17.5. The lowest BCUT2D eigenvalue weighted by Crippen LogP contribution is -2.38. The van der Waals surface area contributed by atoms with E-state index in [0.717, 1.165) is 5.56 Å². The molecular formula is C23H22FN3O3S. The number of rotatable bonds is 6. The highest BCUT2D eigenvalue weighted by atomic mass is 32.3. The van der Waals surface area contributed by atoms with Crippen LogP contribution in [0.4, 0.5) is 4.39 Å². The average Bonchev–Trinajstić information content (AvgIpc) is 3.26. The first-order chi connectivity index (χ1) is 14.9. The lowest BCUT2D eigenvalue weighted by atomic mass is 9.99. The van der Waals surface area contributed by atoms with Gasteiger partial charge >= 0.3 is 0 Å².